The highest BCUT2D eigenvalue weighted by atomic mass is 16.5. The molecule has 1 aromatic rings. The highest BCUT2D eigenvalue weighted by Crippen LogP contribution is 2.48. The fourth-order valence-corrected chi connectivity index (χ4v) is 4.69. The van der Waals surface area contributed by atoms with Gasteiger partial charge in [-0.15, -0.1) is 0 Å². The standard InChI is InChI=1S/C23H27NO3/c1-3-13-27-16-8-4-7-15(14-16)21-22-17(9-5-11-19(22)25)24(2)18-10-6-12-20(26)23(18)21/h4,7-8,14,21H,3,5-6,9-13H2,1-2H3. The third-order valence-electron chi connectivity index (χ3n) is 5.91. The van der Waals surface area contributed by atoms with Crippen molar-refractivity contribution in [3.8, 4) is 5.75 Å². The molecule has 4 heteroatoms. The number of hydrogen-bond acceptors (Lipinski definition) is 4. The van der Waals surface area contributed by atoms with Crippen molar-refractivity contribution in [1.82, 2.24) is 4.90 Å². The van der Waals surface area contributed by atoms with Gasteiger partial charge in [-0.05, 0) is 49.8 Å². The van der Waals surface area contributed by atoms with Gasteiger partial charge in [-0.3, -0.25) is 9.59 Å². The van der Waals surface area contributed by atoms with Crippen LogP contribution in [0, 0.1) is 0 Å². The number of hydrogen-bond donors (Lipinski definition) is 0. The molecule has 27 heavy (non-hydrogen) atoms. The Kier molecular flexibility index (Phi) is 4.90. The largest absolute Gasteiger partial charge is 0.494 e. The summed E-state index contributed by atoms with van der Waals surface area (Å²) >= 11 is 0. The second-order valence-corrected chi connectivity index (χ2v) is 7.69. The molecule has 0 aromatic heterocycles. The minimum absolute atomic E-state index is 0.193. The van der Waals surface area contributed by atoms with E-state index < -0.39 is 0 Å². The predicted molar refractivity (Wildman–Crippen MR) is 105 cm³/mol. The lowest BCUT2D eigenvalue weighted by Crippen LogP contribution is -2.37. The molecule has 0 saturated carbocycles. The van der Waals surface area contributed by atoms with Gasteiger partial charge in [0, 0.05) is 48.3 Å². The number of carbonyl (C=O) groups excluding carboxylic acids is 2. The van der Waals surface area contributed by atoms with Crippen molar-refractivity contribution in [3.05, 3.63) is 52.4 Å². The highest BCUT2D eigenvalue weighted by molar-refractivity contribution is 6.06. The SMILES string of the molecule is CCCOc1cccc(C2C3=C(CCCC3=O)N(C)C3=C2C(=O)CCC3)c1. The van der Waals surface area contributed by atoms with E-state index in [1.54, 1.807) is 0 Å². The molecule has 1 heterocycles. The van der Waals surface area contributed by atoms with Crippen molar-refractivity contribution in [1.29, 1.82) is 0 Å². The van der Waals surface area contributed by atoms with Crippen LogP contribution in [-0.2, 0) is 9.59 Å². The first-order valence-electron chi connectivity index (χ1n) is 10.1. The minimum Gasteiger partial charge on any atom is -0.494 e. The molecule has 1 aliphatic heterocycles. The van der Waals surface area contributed by atoms with Gasteiger partial charge in [0.25, 0.3) is 0 Å². The van der Waals surface area contributed by atoms with Crippen LogP contribution in [0.15, 0.2) is 46.8 Å². The quantitative estimate of drug-likeness (QED) is 0.787. The Labute approximate surface area is 160 Å². The zero-order valence-corrected chi connectivity index (χ0v) is 16.2. The van der Waals surface area contributed by atoms with Gasteiger partial charge in [0.15, 0.2) is 11.6 Å². The summed E-state index contributed by atoms with van der Waals surface area (Å²) in [6, 6.07) is 7.97. The van der Waals surface area contributed by atoms with Gasteiger partial charge in [-0.2, -0.15) is 0 Å². The van der Waals surface area contributed by atoms with Gasteiger partial charge in [-0.1, -0.05) is 19.1 Å². The smallest absolute Gasteiger partial charge is 0.161 e. The molecule has 2 aliphatic carbocycles. The summed E-state index contributed by atoms with van der Waals surface area (Å²) in [5.41, 5.74) is 4.91. The van der Waals surface area contributed by atoms with E-state index in [2.05, 4.69) is 11.8 Å². The Morgan fingerprint density at radius 3 is 2.22 bits per heavy atom. The van der Waals surface area contributed by atoms with Crippen molar-refractivity contribution in [2.24, 2.45) is 0 Å². The molecule has 0 unspecified atom stereocenters. The topological polar surface area (TPSA) is 46.6 Å². The summed E-state index contributed by atoms with van der Waals surface area (Å²) in [4.78, 5) is 28.0. The third kappa shape index (κ3) is 3.11. The maximum absolute atomic E-state index is 12.9. The monoisotopic (exact) mass is 365 g/mol. The molecule has 0 spiro atoms. The Morgan fingerprint density at radius 2 is 1.63 bits per heavy atom. The molecule has 0 saturated heterocycles. The molecule has 0 fully saturated rings. The van der Waals surface area contributed by atoms with Crippen molar-refractivity contribution < 1.29 is 14.3 Å². The van der Waals surface area contributed by atoms with E-state index in [9.17, 15) is 9.59 Å². The van der Waals surface area contributed by atoms with E-state index in [4.69, 9.17) is 4.74 Å². The molecule has 142 valence electrons. The average molecular weight is 365 g/mol. The molecular formula is C23H27NO3. The van der Waals surface area contributed by atoms with Crippen LogP contribution in [-0.4, -0.2) is 30.1 Å². The van der Waals surface area contributed by atoms with Crippen LogP contribution in [0.2, 0.25) is 0 Å². The average Bonchev–Trinajstić information content (AvgIpc) is 2.68. The zero-order chi connectivity index (χ0) is 19.0. The molecule has 0 bridgehead atoms. The Morgan fingerprint density at radius 1 is 1.00 bits per heavy atom. The first kappa shape index (κ1) is 18.0. The van der Waals surface area contributed by atoms with E-state index in [-0.39, 0.29) is 17.5 Å². The second kappa shape index (κ2) is 7.34. The van der Waals surface area contributed by atoms with Crippen LogP contribution in [0.25, 0.3) is 0 Å². The van der Waals surface area contributed by atoms with Crippen molar-refractivity contribution >= 4 is 11.6 Å². The maximum atomic E-state index is 12.9. The van der Waals surface area contributed by atoms with E-state index in [1.807, 2.05) is 31.3 Å². The van der Waals surface area contributed by atoms with Gasteiger partial charge in [0.2, 0.25) is 0 Å². The van der Waals surface area contributed by atoms with Crippen molar-refractivity contribution in [3.63, 3.8) is 0 Å². The van der Waals surface area contributed by atoms with Crippen LogP contribution in [0.5, 0.6) is 5.75 Å². The van der Waals surface area contributed by atoms with E-state index in [0.29, 0.717) is 19.4 Å². The molecular weight excluding hydrogens is 338 g/mol. The van der Waals surface area contributed by atoms with Crippen molar-refractivity contribution in [2.45, 2.75) is 57.8 Å². The highest BCUT2D eigenvalue weighted by Gasteiger charge is 2.42. The van der Waals surface area contributed by atoms with E-state index in [0.717, 1.165) is 66.0 Å². The summed E-state index contributed by atoms with van der Waals surface area (Å²) in [5.74, 6) is 0.955. The van der Waals surface area contributed by atoms with Gasteiger partial charge >= 0.3 is 0 Å². The first-order chi connectivity index (χ1) is 13.1. The van der Waals surface area contributed by atoms with Gasteiger partial charge < -0.3 is 9.64 Å². The van der Waals surface area contributed by atoms with Gasteiger partial charge in [0.1, 0.15) is 5.75 Å². The number of rotatable bonds is 4. The number of allylic oxidation sites excluding steroid dienone is 4. The first-order valence-corrected chi connectivity index (χ1v) is 10.1. The van der Waals surface area contributed by atoms with Crippen LogP contribution < -0.4 is 4.74 Å². The number of Topliss-reactive ketones (excluding diaryl/α,β-unsaturated/α-hetero) is 2. The molecule has 3 aliphatic rings. The molecule has 0 atom stereocenters. The van der Waals surface area contributed by atoms with E-state index >= 15 is 0 Å². The van der Waals surface area contributed by atoms with Crippen LogP contribution in [0.3, 0.4) is 0 Å². The number of carbonyl (C=O) groups is 2. The van der Waals surface area contributed by atoms with Crippen LogP contribution in [0.1, 0.15) is 63.4 Å². The van der Waals surface area contributed by atoms with Crippen LogP contribution >= 0.6 is 0 Å². The Balaban J connectivity index is 1.86. The predicted octanol–water partition coefficient (Wildman–Crippen LogP) is 4.52. The van der Waals surface area contributed by atoms with Crippen LogP contribution in [0.4, 0.5) is 0 Å². The molecule has 4 rings (SSSR count). The molecule has 0 radical (unpaired) electrons. The lowest BCUT2D eigenvalue weighted by atomic mass is 9.71. The fourth-order valence-electron chi connectivity index (χ4n) is 4.69. The Bertz CT molecular complexity index is 805. The molecule has 0 N–H and O–H groups in total. The van der Waals surface area contributed by atoms with Gasteiger partial charge in [0.05, 0.1) is 6.61 Å². The lowest BCUT2D eigenvalue weighted by Gasteiger charge is -2.42. The second-order valence-electron chi connectivity index (χ2n) is 7.69. The third-order valence-corrected chi connectivity index (χ3v) is 5.91. The van der Waals surface area contributed by atoms with Crippen molar-refractivity contribution in [2.75, 3.05) is 13.7 Å². The summed E-state index contributed by atoms with van der Waals surface area (Å²) < 4.78 is 5.82. The summed E-state index contributed by atoms with van der Waals surface area (Å²) in [7, 11) is 2.03. The number of benzene rings is 1. The number of nitrogens with zero attached hydrogens (tertiary/aromatic N) is 1. The summed E-state index contributed by atoms with van der Waals surface area (Å²) in [6.45, 7) is 2.74. The number of ketones is 2. The normalized spacial score (nSPS) is 20.7. The maximum Gasteiger partial charge on any atom is 0.161 e. The molecule has 1 aromatic carbocycles. The Hall–Kier alpha value is -2.36. The molecule has 4 nitrogen and oxygen atoms in total. The van der Waals surface area contributed by atoms with E-state index in [1.165, 1.54) is 0 Å². The summed E-state index contributed by atoms with van der Waals surface area (Å²) in [5, 5.41) is 0. The minimum atomic E-state index is -0.239. The fraction of sp³-hybridized carbons (Fsp3) is 0.478. The summed E-state index contributed by atoms with van der Waals surface area (Å²) in [6.07, 6.45) is 5.70. The van der Waals surface area contributed by atoms with Gasteiger partial charge in [-0.25, -0.2) is 0 Å². The number of ether oxygens (including phenoxy) is 1. The lowest BCUT2D eigenvalue weighted by molar-refractivity contribution is -0.117. The zero-order valence-electron chi connectivity index (χ0n) is 16.2. The molecule has 0 amide bonds.